The molecular weight excluding hydrogens is 192 g/mol. The topological polar surface area (TPSA) is 73.1 Å². The second-order valence-corrected chi connectivity index (χ2v) is 4.04. The molecule has 1 aromatic rings. The van der Waals surface area contributed by atoms with Crippen LogP contribution in [0.4, 0.5) is 5.95 Å². The number of nitrogens with two attached hydrogens (primary N) is 1. The minimum Gasteiger partial charge on any atom is -0.475 e. The molecule has 1 aliphatic carbocycles. The number of anilines is 1. The number of hydrogen-bond donors (Lipinski definition) is 2. The molecule has 1 heterocycles. The van der Waals surface area contributed by atoms with Gasteiger partial charge in [-0.2, -0.15) is 4.98 Å². The Labute approximate surface area is 89.1 Å². The summed E-state index contributed by atoms with van der Waals surface area (Å²) in [6.45, 7) is 3.93. The smallest absolute Gasteiger partial charge is 0.226 e. The van der Waals surface area contributed by atoms with Crippen molar-refractivity contribution in [1.29, 1.82) is 0 Å². The van der Waals surface area contributed by atoms with Crippen LogP contribution >= 0.6 is 0 Å². The Morgan fingerprint density at radius 1 is 1.60 bits per heavy atom. The molecule has 0 saturated heterocycles. The summed E-state index contributed by atoms with van der Waals surface area (Å²) < 4.78 is 5.46. The van der Waals surface area contributed by atoms with Crippen molar-refractivity contribution >= 4 is 5.95 Å². The van der Waals surface area contributed by atoms with Crippen LogP contribution in [0, 0.1) is 0 Å². The van der Waals surface area contributed by atoms with Gasteiger partial charge in [-0.25, -0.2) is 4.98 Å². The van der Waals surface area contributed by atoms with Crippen LogP contribution in [0.2, 0.25) is 0 Å². The standard InChI is InChI=1S/C10H16N4O/c1-6(2)15-9-3-4-12-10(14-9)13-8-5-7(8)11/h3-4,6-8H,5,11H2,1-2H3,(H,12,13,14). The third-order valence-electron chi connectivity index (χ3n) is 2.14. The first-order valence-corrected chi connectivity index (χ1v) is 5.17. The van der Waals surface area contributed by atoms with E-state index < -0.39 is 0 Å². The highest BCUT2D eigenvalue weighted by Gasteiger charge is 2.33. The summed E-state index contributed by atoms with van der Waals surface area (Å²) in [5, 5.41) is 3.15. The van der Waals surface area contributed by atoms with Gasteiger partial charge in [0.15, 0.2) is 0 Å². The van der Waals surface area contributed by atoms with E-state index in [1.54, 1.807) is 12.3 Å². The molecule has 0 spiro atoms. The molecule has 1 saturated carbocycles. The lowest BCUT2D eigenvalue weighted by Crippen LogP contribution is -2.15. The molecule has 0 aromatic carbocycles. The summed E-state index contributed by atoms with van der Waals surface area (Å²) in [6.07, 6.45) is 2.79. The first-order valence-electron chi connectivity index (χ1n) is 5.17. The lowest BCUT2D eigenvalue weighted by molar-refractivity contribution is 0.232. The average molecular weight is 208 g/mol. The van der Waals surface area contributed by atoms with Crippen molar-refractivity contribution in [3.8, 4) is 5.88 Å². The van der Waals surface area contributed by atoms with Crippen LogP contribution in [-0.4, -0.2) is 28.2 Å². The number of nitrogens with zero attached hydrogens (tertiary/aromatic N) is 2. The van der Waals surface area contributed by atoms with Gasteiger partial charge in [0.1, 0.15) is 0 Å². The Bertz CT molecular complexity index is 342. The van der Waals surface area contributed by atoms with E-state index in [-0.39, 0.29) is 12.1 Å². The third kappa shape index (κ3) is 2.79. The molecule has 0 radical (unpaired) electrons. The summed E-state index contributed by atoms with van der Waals surface area (Å²) in [4.78, 5) is 8.33. The first kappa shape index (κ1) is 10.2. The van der Waals surface area contributed by atoms with Crippen LogP contribution in [0.1, 0.15) is 20.3 Å². The lowest BCUT2D eigenvalue weighted by Gasteiger charge is -2.09. The van der Waals surface area contributed by atoms with E-state index in [0.717, 1.165) is 6.42 Å². The third-order valence-corrected chi connectivity index (χ3v) is 2.14. The van der Waals surface area contributed by atoms with Crippen molar-refractivity contribution < 1.29 is 4.74 Å². The van der Waals surface area contributed by atoms with Crippen LogP contribution in [0.25, 0.3) is 0 Å². The number of aromatic nitrogens is 2. The van der Waals surface area contributed by atoms with Gasteiger partial charge in [0, 0.05) is 24.3 Å². The molecule has 1 aliphatic rings. The number of rotatable bonds is 4. The normalized spacial score (nSPS) is 24.0. The molecular formula is C10H16N4O. The first-order chi connectivity index (χ1) is 7.15. The van der Waals surface area contributed by atoms with Crippen molar-refractivity contribution in [1.82, 2.24) is 9.97 Å². The Morgan fingerprint density at radius 3 is 2.93 bits per heavy atom. The maximum Gasteiger partial charge on any atom is 0.226 e. The highest BCUT2D eigenvalue weighted by Crippen LogP contribution is 2.22. The molecule has 1 fully saturated rings. The van der Waals surface area contributed by atoms with E-state index in [9.17, 15) is 0 Å². The van der Waals surface area contributed by atoms with E-state index in [1.165, 1.54) is 0 Å². The average Bonchev–Trinajstić information content (AvgIpc) is 2.81. The van der Waals surface area contributed by atoms with Gasteiger partial charge in [0.05, 0.1) is 6.10 Å². The lowest BCUT2D eigenvalue weighted by atomic mass is 10.5. The van der Waals surface area contributed by atoms with Gasteiger partial charge in [0.25, 0.3) is 0 Å². The van der Waals surface area contributed by atoms with Gasteiger partial charge in [-0.3, -0.25) is 0 Å². The molecule has 15 heavy (non-hydrogen) atoms. The minimum atomic E-state index is 0.121. The van der Waals surface area contributed by atoms with Gasteiger partial charge < -0.3 is 15.8 Å². The molecule has 3 N–H and O–H groups in total. The van der Waals surface area contributed by atoms with E-state index in [4.69, 9.17) is 10.5 Å². The fourth-order valence-corrected chi connectivity index (χ4v) is 1.27. The highest BCUT2D eigenvalue weighted by molar-refractivity contribution is 5.32. The van der Waals surface area contributed by atoms with Crippen LogP contribution in [0.5, 0.6) is 5.88 Å². The fraction of sp³-hybridized carbons (Fsp3) is 0.600. The monoisotopic (exact) mass is 208 g/mol. The van der Waals surface area contributed by atoms with E-state index in [1.807, 2.05) is 13.8 Å². The zero-order chi connectivity index (χ0) is 10.8. The van der Waals surface area contributed by atoms with Gasteiger partial charge in [-0.05, 0) is 20.3 Å². The second kappa shape index (κ2) is 4.02. The number of hydrogen-bond acceptors (Lipinski definition) is 5. The van der Waals surface area contributed by atoms with Crippen LogP contribution < -0.4 is 15.8 Å². The quantitative estimate of drug-likeness (QED) is 0.764. The zero-order valence-corrected chi connectivity index (χ0v) is 8.97. The molecule has 82 valence electrons. The second-order valence-electron chi connectivity index (χ2n) is 4.04. The maximum absolute atomic E-state index is 5.68. The van der Waals surface area contributed by atoms with Crippen LogP contribution in [0.3, 0.4) is 0 Å². The van der Waals surface area contributed by atoms with Gasteiger partial charge in [-0.15, -0.1) is 0 Å². The Morgan fingerprint density at radius 2 is 2.33 bits per heavy atom. The number of ether oxygens (including phenoxy) is 1. The van der Waals surface area contributed by atoms with Crippen molar-refractivity contribution in [2.24, 2.45) is 5.73 Å². The Hall–Kier alpha value is -1.36. The Kier molecular flexibility index (Phi) is 2.73. The largest absolute Gasteiger partial charge is 0.475 e. The fourth-order valence-electron chi connectivity index (χ4n) is 1.27. The molecule has 2 unspecified atom stereocenters. The predicted octanol–water partition coefficient (Wildman–Crippen LogP) is 0.775. The minimum absolute atomic E-state index is 0.121. The molecule has 0 bridgehead atoms. The van der Waals surface area contributed by atoms with Crippen molar-refractivity contribution in [2.75, 3.05) is 5.32 Å². The summed E-state index contributed by atoms with van der Waals surface area (Å²) in [7, 11) is 0. The Balaban J connectivity index is 1.99. The van der Waals surface area contributed by atoms with E-state index >= 15 is 0 Å². The summed E-state index contributed by atoms with van der Waals surface area (Å²) in [5.41, 5.74) is 5.68. The van der Waals surface area contributed by atoms with E-state index in [0.29, 0.717) is 17.9 Å². The molecule has 0 aliphatic heterocycles. The van der Waals surface area contributed by atoms with Crippen LogP contribution in [0.15, 0.2) is 12.3 Å². The van der Waals surface area contributed by atoms with Gasteiger partial charge in [-0.1, -0.05) is 0 Å². The SMILES string of the molecule is CC(C)Oc1ccnc(NC2CC2N)n1. The number of nitrogens with one attached hydrogen (secondary N) is 1. The van der Waals surface area contributed by atoms with Gasteiger partial charge in [0.2, 0.25) is 11.8 Å². The molecule has 5 heteroatoms. The maximum atomic E-state index is 5.68. The van der Waals surface area contributed by atoms with Crippen molar-refractivity contribution in [3.63, 3.8) is 0 Å². The predicted molar refractivity (Wildman–Crippen MR) is 57.8 cm³/mol. The van der Waals surface area contributed by atoms with Crippen molar-refractivity contribution in [3.05, 3.63) is 12.3 Å². The molecule has 2 rings (SSSR count). The van der Waals surface area contributed by atoms with Crippen LogP contribution in [-0.2, 0) is 0 Å². The van der Waals surface area contributed by atoms with Gasteiger partial charge >= 0.3 is 0 Å². The molecule has 5 nitrogen and oxygen atoms in total. The highest BCUT2D eigenvalue weighted by atomic mass is 16.5. The molecule has 0 amide bonds. The summed E-state index contributed by atoms with van der Waals surface area (Å²) in [5.74, 6) is 1.18. The molecule has 1 aromatic heterocycles. The van der Waals surface area contributed by atoms with E-state index in [2.05, 4.69) is 15.3 Å². The summed E-state index contributed by atoms with van der Waals surface area (Å²) in [6, 6.07) is 2.31. The van der Waals surface area contributed by atoms with Crippen molar-refractivity contribution in [2.45, 2.75) is 38.5 Å². The summed E-state index contributed by atoms with van der Waals surface area (Å²) >= 11 is 0. The zero-order valence-electron chi connectivity index (χ0n) is 8.97. The molecule has 2 atom stereocenters.